The zero-order valence-corrected chi connectivity index (χ0v) is 12.1. The van der Waals surface area contributed by atoms with Gasteiger partial charge in [0.1, 0.15) is 0 Å². The molecule has 1 N–H and O–H groups in total. The molecule has 104 valence electrons. The lowest BCUT2D eigenvalue weighted by molar-refractivity contribution is 0.160. The molecule has 0 amide bonds. The highest BCUT2D eigenvalue weighted by atomic mass is 15.1. The fourth-order valence-corrected chi connectivity index (χ4v) is 3.71. The number of nitrogens with zero attached hydrogens (tertiary/aromatic N) is 1. The third-order valence-corrected chi connectivity index (χ3v) is 4.86. The average molecular weight is 258 g/mol. The van der Waals surface area contributed by atoms with Crippen LogP contribution in [0.3, 0.4) is 0 Å². The monoisotopic (exact) mass is 258 g/mol. The maximum absolute atomic E-state index is 3.58. The van der Waals surface area contributed by atoms with Crippen molar-refractivity contribution in [1.82, 2.24) is 10.2 Å². The lowest BCUT2D eigenvalue weighted by atomic mass is 9.89. The highest BCUT2D eigenvalue weighted by Crippen LogP contribution is 2.27. The van der Waals surface area contributed by atoms with Crippen molar-refractivity contribution in [2.24, 2.45) is 5.92 Å². The maximum Gasteiger partial charge on any atom is 0.0208 e. The molecule has 1 aromatic rings. The van der Waals surface area contributed by atoms with E-state index >= 15 is 0 Å². The molecule has 0 bridgehead atoms. The van der Waals surface area contributed by atoms with Crippen molar-refractivity contribution < 1.29 is 0 Å². The summed E-state index contributed by atoms with van der Waals surface area (Å²) < 4.78 is 0. The Morgan fingerprint density at radius 3 is 3.11 bits per heavy atom. The van der Waals surface area contributed by atoms with Gasteiger partial charge < -0.3 is 10.2 Å². The number of piperidine rings is 1. The number of rotatable bonds is 3. The van der Waals surface area contributed by atoms with Gasteiger partial charge in [0.05, 0.1) is 0 Å². The van der Waals surface area contributed by atoms with Crippen molar-refractivity contribution >= 4 is 0 Å². The summed E-state index contributed by atoms with van der Waals surface area (Å²) in [7, 11) is 0. The number of nitrogens with one attached hydrogen (secondary N) is 1. The predicted octanol–water partition coefficient (Wildman–Crippen LogP) is 3.00. The van der Waals surface area contributed by atoms with Crippen LogP contribution in [0.4, 0.5) is 0 Å². The van der Waals surface area contributed by atoms with Gasteiger partial charge in [-0.3, -0.25) is 0 Å². The third-order valence-electron chi connectivity index (χ3n) is 4.86. The first-order valence-corrected chi connectivity index (χ1v) is 7.87. The first-order chi connectivity index (χ1) is 9.36. The molecule has 0 radical (unpaired) electrons. The Kier molecular flexibility index (Phi) is 4.19. The second-order valence-electron chi connectivity index (χ2n) is 6.20. The number of hydrogen-bond acceptors (Lipinski definition) is 2. The van der Waals surface area contributed by atoms with E-state index in [0.717, 1.165) is 19.0 Å². The summed E-state index contributed by atoms with van der Waals surface area (Å²) in [6, 6.07) is 8.97. The topological polar surface area (TPSA) is 15.3 Å². The van der Waals surface area contributed by atoms with Crippen LogP contribution in [0.1, 0.15) is 43.2 Å². The van der Waals surface area contributed by atoms with Crippen LogP contribution >= 0.6 is 0 Å². The molecule has 19 heavy (non-hydrogen) atoms. The highest BCUT2D eigenvalue weighted by molar-refractivity contribution is 5.32. The molecule has 1 fully saturated rings. The Balaban J connectivity index is 1.67. The van der Waals surface area contributed by atoms with Crippen molar-refractivity contribution in [2.45, 2.75) is 38.6 Å². The molecule has 2 aliphatic rings. The molecule has 3 rings (SSSR count). The van der Waals surface area contributed by atoms with Crippen LogP contribution in [0, 0.1) is 5.92 Å². The minimum atomic E-state index is 0.681. The molecule has 2 heteroatoms. The quantitative estimate of drug-likeness (QED) is 0.896. The molecule has 0 aromatic heterocycles. The van der Waals surface area contributed by atoms with Gasteiger partial charge in [0.2, 0.25) is 0 Å². The normalized spacial score (nSPS) is 28.1. The SMILES string of the molecule is CCC1CCCN(CC2CNCc3ccccc32)C1. The molecule has 1 aromatic carbocycles. The van der Waals surface area contributed by atoms with Crippen molar-refractivity contribution in [2.75, 3.05) is 26.2 Å². The van der Waals surface area contributed by atoms with Crippen LogP contribution in [-0.2, 0) is 6.54 Å². The van der Waals surface area contributed by atoms with Gasteiger partial charge in [-0.1, -0.05) is 37.6 Å². The number of benzene rings is 1. The van der Waals surface area contributed by atoms with Gasteiger partial charge >= 0.3 is 0 Å². The van der Waals surface area contributed by atoms with E-state index in [-0.39, 0.29) is 0 Å². The standard InChI is InChI=1S/C17H26N2/c1-2-14-6-5-9-19(12-14)13-16-11-18-10-15-7-3-4-8-17(15)16/h3-4,7-8,14,16,18H,2,5-6,9-13H2,1H3. The summed E-state index contributed by atoms with van der Waals surface area (Å²) in [6.45, 7) is 8.38. The Hall–Kier alpha value is -0.860. The van der Waals surface area contributed by atoms with E-state index in [1.165, 1.54) is 44.5 Å². The van der Waals surface area contributed by atoms with E-state index in [4.69, 9.17) is 0 Å². The summed E-state index contributed by atoms with van der Waals surface area (Å²) in [5, 5.41) is 3.58. The fourth-order valence-electron chi connectivity index (χ4n) is 3.71. The summed E-state index contributed by atoms with van der Waals surface area (Å²) in [4.78, 5) is 2.70. The van der Waals surface area contributed by atoms with Gasteiger partial charge in [-0.2, -0.15) is 0 Å². The summed E-state index contributed by atoms with van der Waals surface area (Å²) in [6.07, 6.45) is 4.17. The average Bonchev–Trinajstić information content (AvgIpc) is 2.48. The largest absolute Gasteiger partial charge is 0.312 e. The molecule has 2 atom stereocenters. The molecule has 0 spiro atoms. The van der Waals surface area contributed by atoms with E-state index in [1.54, 1.807) is 5.56 Å². The first-order valence-electron chi connectivity index (χ1n) is 7.87. The van der Waals surface area contributed by atoms with Gasteiger partial charge in [0.25, 0.3) is 0 Å². The Morgan fingerprint density at radius 2 is 2.21 bits per heavy atom. The second-order valence-corrected chi connectivity index (χ2v) is 6.20. The van der Waals surface area contributed by atoms with Gasteiger partial charge in [0.15, 0.2) is 0 Å². The van der Waals surface area contributed by atoms with Gasteiger partial charge in [-0.25, -0.2) is 0 Å². The summed E-state index contributed by atoms with van der Waals surface area (Å²) in [5.74, 6) is 1.61. The zero-order valence-electron chi connectivity index (χ0n) is 12.1. The van der Waals surface area contributed by atoms with Gasteiger partial charge in [-0.15, -0.1) is 0 Å². The molecule has 2 nitrogen and oxygen atoms in total. The molecule has 0 saturated carbocycles. The van der Waals surface area contributed by atoms with Crippen LogP contribution < -0.4 is 5.32 Å². The van der Waals surface area contributed by atoms with Crippen LogP contribution in [0.25, 0.3) is 0 Å². The molecular formula is C17H26N2. The highest BCUT2D eigenvalue weighted by Gasteiger charge is 2.25. The van der Waals surface area contributed by atoms with Crippen LogP contribution in [0.2, 0.25) is 0 Å². The number of fused-ring (bicyclic) bond motifs is 1. The van der Waals surface area contributed by atoms with Crippen LogP contribution in [-0.4, -0.2) is 31.1 Å². The Labute approximate surface area is 117 Å². The maximum atomic E-state index is 3.58. The predicted molar refractivity (Wildman–Crippen MR) is 80.3 cm³/mol. The first kappa shape index (κ1) is 13.1. The zero-order chi connectivity index (χ0) is 13.1. The van der Waals surface area contributed by atoms with E-state index in [9.17, 15) is 0 Å². The van der Waals surface area contributed by atoms with Crippen molar-refractivity contribution in [3.05, 3.63) is 35.4 Å². The molecule has 2 aliphatic heterocycles. The fraction of sp³-hybridized carbons (Fsp3) is 0.647. The van der Waals surface area contributed by atoms with Crippen LogP contribution in [0.5, 0.6) is 0 Å². The van der Waals surface area contributed by atoms with Gasteiger partial charge in [0, 0.05) is 32.1 Å². The van der Waals surface area contributed by atoms with Crippen molar-refractivity contribution in [1.29, 1.82) is 0 Å². The molecule has 0 aliphatic carbocycles. The number of likely N-dealkylation sites (tertiary alicyclic amines) is 1. The van der Waals surface area contributed by atoms with E-state index < -0.39 is 0 Å². The molecular weight excluding hydrogens is 232 g/mol. The molecule has 1 saturated heterocycles. The summed E-state index contributed by atoms with van der Waals surface area (Å²) in [5.41, 5.74) is 3.09. The smallest absolute Gasteiger partial charge is 0.0208 e. The van der Waals surface area contributed by atoms with Crippen molar-refractivity contribution in [3.8, 4) is 0 Å². The van der Waals surface area contributed by atoms with Crippen LogP contribution in [0.15, 0.2) is 24.3 Å². The van der Waals surface area contributed by atoms with E-state index in [2.05, 4.69) is 41.4 Å². The lowest BCUT2D eigenvalue weighted by Gasteiger charge is -2.36. The Morgan fingerprint density at radius 1 is 1.32 bits per heavy atom. The number of hydrogen-bond donors (Lipinski definition) is 1. The minimum Gasteiger partial charge on any atom is -0.312 e. The lowest BCUT2D eigenvalue weighted by Crippen LogP contribution is -2.41. The second kappa shape index (κ2) is 6.06. The summed E-state index contributed by atoms with van der Waals surface area (Å²) >= 11 is 0. The van der Waals surface area contributed by atoms with E-state index in [0.29, 0.717) is 5.92 Å². The third kappa shape index (κ3) is 3.01. The molecule has 2 unspecified atom stereocenters. The minimum absolute atomic E-state index is 0.681. The van der Waals surface area contributed by atoms with Gasteiger partial charge in [-0.05, 0) is 36.4 Å². The molecule has 2 heterocycles. The van der Waals surface area contributed by atoms with E-state index in [1.807, 2.05) is 0 Å². The Bertz CT molecular complexity index is 415. The van der Waals surface area contributed by atoms with Crippen molar-refractivity contribution in [3.63, 3.8) is 0 Å².